The molecule has 0 saturated heterocycles. The summed E-state index contributed by atoms with van der Waals surface area (Å²) in [5, 5.41) is 7.76. The Hall–Kier alpha value is -1.52. The fraction of sp³-hybridized carbons (Fsp3) is 0. The van der Waals surface area contributed by atoms with Crippen LogP contribution in [0.2, 0.25) is 5.02 Å². The maximum Gasteiger partial charge on any atom is 0.137 e. The third-order valence-electron chi connectivity index (χ3n) is 2.30. The second-order valence-electron chi connectivity index (χ2n) is 3.59. The first-order valence-electron chi connectivity index (χ1n) is 5.14. The molecular formula is C13H10ClFN2S. The van der Waals surface area contributed by atoms with Gasteiger partial charge in [0.15, 0.2) is 0 Å². The molecule has 2 aromatic carbocycles. The van der Waals surface area contributed by atoms with Gasteiger partial charge in [0.05, 0.1) is 5.02 Å². The summed E-state index contributed by atoms with van der Waals surface area (Å²) in [6.45, 7) is 0. The van der Waals surface area contributed by atoms with Crippen LogP contribution in [-0.4, -0.2) is 5.84 Å². The van der Waals surface area contributed by atoms with Crippen molar-refractivity contribution in [3.05, 3.63) is 58.9 Å². The minimum absolute atomic E-state index is 0.0423. The van der Waals surface area contributed by atoms with Crippen molar-refractivity contribution in [1.29, 1.82) is 5.41 Å². The van der Waals surface area contributed by atoms with Crippen LogP contribution in [-0.2, 0) is 0 Å². The Bertz CT molecular complexity index is 601. The van der Waals surface area contributed by atoms with E-state index in [1.807, 2.05) is 0 Å². The second kappa shape index (κ2) is 5.42. The normalized spacial score (nSPS) is 10.3. The molecule has 0 atom stereocenters. The number of hydrogen-bond donors (Lipinski definition) is 2. The van der Waals surface area contributed by atoms with E-state index in [9.17, 15) is 4.39 Å². The van der Waals surface area contributed by atoms with Crippen LogP contribution in [0, 0.1) is 11.2 Å². The second-order valence-corrected chi connectivity index (χ2v) is 5.08. The summed E-state index contributed by atoms with van der Waals surface area (Å²) < 4.78 is 13.5. The molecule has 92 valence electrons. The van der Waals surface area contributed by atoms with E-state index in [0.717, 1.165) is 4.90 Å². The molecule has 0 spiro atoms. The lowest BCUT2D eigenvalue weighted by Crippen LogP contribution is -2.10. The van der Waals surface area contributed by atoms with Crippen LogP contribution in [0.5, 0.6) is 0 Å². The molecule has 0 amide bonds. The summed E-state index contributed by atoms with van der Waals surface area (Å²) in [6, 6.07) is 11.5. The van der Waals surface area contributed by atoms with Crippen LogP contribution >= 0.6 is 23.4 Å². The number of hydrogen-bond acceptors (Lipinski definition) is 2. The summed E-state index contributed by atoms with van der Waals surface area (Å²) in [7, 11) is 0. The average Bonchev–Trinajstić information content (AvgIpc) is 2.34. The molecule has 0 aliphatic heterocycles. The van der Waals surface area contributed by atoms with E-state index in [2.05, 4.69) is 0 Å². The SMILES string of the molecule is N=C(N)c1ccc(Sc2ccccc2F)c(Cl)c1. The Labute approximate surface area is 113 Å². The third kappa shape index (κ3) is 2.83. The van der Waals surface area contributed by atoms with Crippen molar-refractivity contribution in [3.63, 3.8) is 0 Å². The molecule has 2 nitrogen and oxygen atoms in total. The largest absolute Gasteiger partial charge is 0.384 e. The fourth-order valence-corrected chi connectivity index (χ4v) is 2.53. The van der Waals surface area contributed by atoms with Crippen molar-refractivity contribution in [1.82, 2.24) is 0 Å². The topological polar surface area (TPSA) is 49.9 Å². The molecule has 3 N–H and O–H groups in total. The molecule has 0 fully saturated rings. The zero-order valence-electron chi connectivity index (χ0n) is 9.28. The Morgan fingerprint density at radius 3 is 2.50 bits per heavy atom. The van der Waals surface area contributed by atoms with Crippen molar-refractivity contribution < 1.29 is 4.39 Å². The first-order chi connectivity index (χ1) is 8.58. The molecule has 0 radical (unpaired) electrons. The number of halogens is 2. The van der Waals surface area contributed by atoms with Gasteiger partial charge in [-0.3, -0.25) is 5.41 Å². The van der Waals surface area contributed by atoms with Gasteiger partial charge in [-0.05, 0) is 24.3 Å². The van der Waals surface area contributed by atoms with E-state index in [-0.39, 0.29) is 11.7 Å². The van der Waals surface area contributed by atoms with Crippen LogP contribution < -0.4 is 5.73 Å². The Morgan fingerprint density at radius 1 is 1.17 bits per heavy atom. The van der Waals surface area contributed by atoms with E-state index in [0.29, 0.717) is 15.5 Å². The van der Waals surface area contributed by atoms with Crippen LogP contribution in [0.4, 0.5) is 4.39 Å². The quantitative estimate of drug-likeness (QED) is 0.661. The lowest BCUT2D eigenvalue weighted by molar-refractivity contribution is 0.602. The predicted molar refractivity (Wildman–Crippen MR) is 73.0 cm³/mol. The van der Waals surface area contributed by atoms with Gasteiger partial charge in [0.2, 0.25) is 0 Å². The van der Waals surface area contributed by atoms with E-state index < -0.39 is 0 Å². The molecule has 5 heteroatoms. The standard InChI is InChI=1S/C13H10ClFN2S/c14-9-7-8(13(16)17)5-6-11(9)18-12-4-2-1-3-10(12)15/h1-7H,(H3,16,17). The first kappa shape index (κ1) is 12.9. The average molecular weight is 281 g/mol. The van der Waals surface area contributed by atoms with Crippen LogP contribution in [0.15, 0.2) is 52.3 Å². The van der Waals surface area contributed by atoms with Crippen LogP contribution in [0.25, 0.3) is 0 Å². The number of benzene rings is 2. The fourth-order valence-electron chi connectivity index (χ4n) is 1.40. The van der Waals surface area contributed by atoms with E-state index >= 15 is 0 Å². The zero-order chi connectivity index (χ0) is 13.1. The van der Waals surface area contributed by atoms with Gasteiger partial charge in [-0.1, -0.05) is 41.6 Å². The van der Waals surface area contributed by atoms with Gasteiger partial charge < -0.3 is 5.73 Å². The van der Waals surface area contributed by atoms with Gasteiger partial charge >= 0.3 is 0 Å². The zero-order valence-corrected chi connectivity index (χ0v) is 10.9. The molecular weight excluding hydrogens is 271 g/mol. The molecule has 0 saturated carbocycles. The molecule has 0 bridgehead atoms. The minimum atomic E-state index is -0.283. The first-order valence-corrected chi connectivity index (χ1v) is 6.33. The molecule has 0 aromatic heterocycles. The summed E-state index contributed by atoms with van der Waals surface area (Å²) in [5.74, 6) is -0.325. The molecule has 0 aliphatic carbocycles. The highest BCUT2D eigenvalue weighted by Gasteiger charge is 2.08. The third-order valence-corrected chi connectivity index (χ3v) is 3.85. The maximum atomic E-state index is 13.5. The minimum Gasteiger partial charge on any atom is -0.384 e. The highest BCUT2D eigenvalue weighted by molar-refractivity contribution is 7.99. The van der Waals surface area contributed by atoms with Gasteiger partial charge in [-0.25, -0.2) is 4.39 Å². The van der Waals surface area contributed by atoms with E-state index in [4.69, 9.17) is 22.7 Å². The van der Waals surface area contributed by atoms with Crippen LogP contribution in [0.3, 0.4) is 0 Å². The van der Waals surface area contributed by atoms with Crippen molar-refractivity contribution >= 4 is 29.2 Å². The van der Waals surface area contributed by atoms with Crippen LogP contribution in [0.1, 0.15) is 5.56 Å². The number of nitrogens with one attached hydrogen (secondary N) is 1. The predicted octanol–water partition coefficient (Wildman–Crippen LogP) is 3.91. The number of amidine groups is 1. The smallest absolute Gasteiger partial charge is 0.137 e. The van der Waals surface area contributed by atoms with Gasteiger partial charge in [0, 0.05) is 15.4 Å². The molecule has 0 aliphatic rings. The summed E-state index contributed by atoms with van der Waals surface area (Å²) in [5.41, 5.74) is 5.92. The highest BCUT2D eigenvalue weighted by Crippen LogP contribution is 2.34. The van der Waals surface area contributed by atoms with Gasteiger partial charge in [0.1, 0.15) is 11.7 Å². The summed E-state index contributed by atoms with van der Waals surface area (Å²) in [4.78, 5) is 1.24. The maximum absolute atomic E-state index is 13.5. The number of nitrogens with two attached hydrogens (primary N) is 1. The van der Waals surface area contributed by atoms with Crippen molar-refractivity contribution in [2.24, 2.45) is 5.73 Å². The van der Waals surface area contributed by atoms with Gasteiger partial charge in [0.25, 0.3) is 0 Å². The lowest BCUT2D eigenvalue weighted by atomic mass is 10.2. The summed E-state index contributed by atoms with van der Waals surface area (Å²) in [6.07, 6.45) is 0. The Kier molecular flexibility index (Phi) is 3.89. The summed E-state index contributed by atoms with van der Waals surface area (Å²) >= 11 is 7.32. The molecule has 0 heterocycles. The number of rotatable bonds is 3. The molecule has 2 aromatic rings. The molecule has 0 unspecified atom stereocenters. The highest BCUT2D eigenvalue weighted by atomic mass is 35.5. The Balaban J connectivity index is 2.30. The van der Waals surface area contributed by atoms with Gasteiger partial charge in [-0.2, -0.15) is 0 Å². The Morgan fingerprint density at radius 2 is 1.89 bits per heavy atom. The van der Waals surface area contributed by atoms with E-state index in [1.165, 1.54) is 17.8 Å². The van der Waals surface area contributed by atoms with Crippen molar-refractivity contribution in [2.45, 2.75) is 9.79 Å². The van der Waals surface area contributed by atoms with Crippen molar-refractivity contribution in [2.75, 3.05) is 0 Å². The van der Waals surface area contributed by atoms with Crippen molar-refractivity contribution in [3.8, 4) is 0 Å². The van der Waals surface area contributed by atoms with Gasteiger partial charge in [-0.15, -0.1) is 0 Å². The lowest BCUT2D eigenvalue weighted by Gasteiger charge is -2.06. The molecule has 18 heavy (non-hydrogen) atoms. The number of nitrogen functional groups attached to an aromatic ring is 1. The monoisotopic (exact) mass is 280 g/mol. The van der Waals surface area contributed by atoms with E-state index in [1.54, 1.807) is 36.4 Å². The molecule has 2 rings (SSSR count).